The van der Waals surface area contributed by atoms with Crippen LogP contribution in [0, 0.1) is 5.41 Å². The van der Waals surface area contributed by atoms with Crippen LogP contribution in [0.5, 0.6) is 0 Å². The van der Waals surface area contributed by atoms with Crippen LogP contribution in [0.1, 0.15) is 32.6 Å². The fourth-order valence-corrected chi connectivity index (χ4v) is 1.87. The summed E-state index contributed by atoms with van der Waals surface area (Å²) in [5.41, 5.74) is 4.49. The molecular formula is C8H15F2N. The molecule has 0 saturated heterocycles. The van der Waals surface area contributed by atoms with Crippen LogP contribution in [0.4, 0.5) is 8.78 Å². The number of rotatable bonds is 2. The van der Waals surface area contributed by atoms with Crippen LogP contribution in [0.15, 0.2) is 0 Å². The smallest absolute Gasteiger partial charge is 0.252 e. The normalized spacial score (nSPS) is 24.0. The van der Waals surface area contributed by atoms with Gasteiger partial charge >= 0.3 is 0 Å². The second kappa shape index (κ2) is 2.70. The van der Waals surface area contributed by atoms with E-state index in [1.54, 1.807) is 0 Å². The quantitative estimate of drug-likeness (QED) is 0.663. The Morgan fingerprint density at radius 3 is 2.00 bits per heavy atom. The number of hydrogen-bond donors (Lipinski definition) is 1. The Morgan fingerprint density at radius 2 is 1.82 bits per heavy atom. The van der Waals surface area contributed by atoms with E-state index in [1.807, 2.05) is 0 Å². The average molecular weight is 163 g/mol. The summed E-state index contributed by atoms with van der Waals surface area (Å²) in [6.07, 6.45) is 2.99. The lowest BCUT2D eigenvalue weighted by atomic mass is 9.80. The van der Waals surface area contributed by atoms with Gasteiger partial charge in [-0.1, -0.05) is 12.8 Å². The SMILES string of the molecule is CC(F)(F)C1(CN)CCCC1. The summed E-state index contributed by atoms with van der Waals surface area (Å²) in [6, 6.07) is 0. The Balaban J connectivity index is 2.75. The molecule has 1 fully saturated rings. The van der Waals surface area contributed by atoms with Crippen molar-refractivity contribution in [3.05, 3.63) is 0 Å². The molecule has 0 aromatic carbocycles. The molecular weight excluding hydrogens is 148 g/mol. The molecule has 2 N–H and O–H groups in total. The van der Waals surface area contributed by atoms with Gasteiger partial charge in [0.15, 0.2) is 0 Å². The molecule has 1 nitrogen and oxygen atoms in total. The molecule has 0 atom stereocenters. The van der Waals surface area contributed by atoms with Gasteiger partial charge in [0.2, 0.25) is 0 Å². The molecule has 0 bridgehead atoms. The third-order valence-electron chi connectivity index (χ3n) is 2.88. The summed E-state index contributed by atoms with van der Waals surface area (Å²) in [4.78, 5) is 0. The third-order valence-corrected chi connectivity index (χ3v) is 2.88. The highest BCUT2D eigenvalue weighted by Crippen LogP contribution is 2.48. The van der Waals surface area contributed by atoms with E-state index in [0.29, 0.717) is 12.8 Å². The van der Waals surface area contributed by atoms with Crippen LogP contribution < -0.4 is 5.73 Å². The van der Waals surface area contributed by atoms with Gasteiger partial charge in [-0.2, -0.15) is 0 Å². The van der Waals surface area contributed by atoms with Gasteiger partial charge in [-0.3, -0.25) is 0 Å². The van der Waals surface area contributed by atoms with Crippen molar-refractivity contribution in [2.45, 2.75) is 38.5 Å². The topological polar surface area (TPSA) is 26.0 Å². The van der Waals surface area contributed by atoms with Crippen molar-refractivity contribution in [2.24, 2.45) is 11.1 Å². The first-order chi connectivity index (χ1) is 5.02. The zero-order valence-electron chi connectivity index (χ0n) is 6.87. The van der Waals surface area contributed by atoms with Gasteiger partial charge in [-0.25, -0.2) is 8.78 Å². The Hall–Kier alpha value is -0.180. The van der Waals surface area contributed by atoms with E-state index in [2.05, 4.69) is 0 Å². The van der Waals surface area contributed by atoms with Gasteiger partial charge in [-0.15, -0.1) is 0 Å². The van der Waals surface area contributed by atoms with Crippen molar-refractivity contribution in [1.82, 2.24) is 0 Å². The van der Waals surface area contributed by atoms with Gasteiger partial charge in [0.25, 0.3) is 5.92 Å². The monoisotopic (exact) mass is 163 g/mol. The minimum Gasteiger partial charge on any atom is -0.330 e. The maximum atomic E-state index is 13.0. The summed E-state index contributed by atoms with van der Waals surface area (Å²) < 4.78 is 26.0. The van der Waals surface area contributed by atoms with E-state index < -0.39 is 11.3 Å². The number of nitrogens with two attached hydrogens (primary N) is 1. The summed E-state index contributed by atoms with van der Waals surface area (Å²) in [5.74, 6) is -2.60. The van der Waals surface area contributed by atoms with E-state index in [0.717, 1.165) is 19.8 Å². The summed E-state index contributed by atoms with van der Waals surface area (Å²) in [5, 5.41) is 0. The van der Waals surface area contributed by atoms with Crippen molar-refractivity contribution in [3.63, 3.8) is 0 Å². The molecule has 0 heterocycles. The molecule has 11 heavy (non-hydrogen) atoms. The minimum atomic E-state index is -2.60. The lowest BCUT2D eigenvalue weighted by molar-refractivity contribution is -0.0990. The molecule has 0 aromatic heterocycles. The Labute approximate surface area is 66.0 Å². The molecule has 66 valence electrons. The van der Waals surface area contributed by atoms with Gasteiger partial charge in [-0.05, 0) is 19.8 Å². The van der Waals surface area contributed by atoms with Crippen LogP contribution >= 0.6 is 0 Å². The lowest BCUT2D eigenvalue weighted by Gasteiger charge is -2.33. The van der Waals surface area contributed by atoms with Crippen LogP contribution in [0.25, 0.3) is 0 Å². The molecule has 0 unspecified atom stereocenters. The number of halogens is 2. The van der Waals surface area contributed by atoms with Crippen molar-refractivity contribution in [2.75, 3.05) is 6.54 Å². The van der Waals surface area contributed by atoms with Crippen molar-refractivity contribution in [3.8, 4) is 0 Å². The van der Waals surface area contributed by atoms with Gasteiger partial charge in [0.1, 0.15) is 0 Å². The first kappa shape index (κ1) is 8.91. The van der Waals surface area contributed by atoms with Crippen molar-refractivity contribution in [1.29, 1.82) is 0 Å². The molecule has 1 aliphatic rings. The zero-order chi connectivity index (χ0) is 8.54. The standard InChI is InChI=1S/C8H15F2N/c1-7(9,10)8(6-11)4-2-3-5-8/h2-6,11H2,1H3. The van der Waals surface area contributed by atoms with Crippen LogP contribution in [-0.4, -0.2) is 12.5 Å². The Kier molecular flexibility index (Phi) is 2.19. The number of alkyl halides is 2. The zero-order valence-corrected chi connectivity index (χ0v) is 6.87. The maximum Gasteiger partial charge on any atom is 0.252 e. The minimum absolute atomic E-state index is 0.122. The third kappa shape index (κ3) is 1.39. The predicted octanol–water partition coefficient (Wildman–Crippen LogP) is 2.16. The lowest BCUT2D eigenvalue weighted by Crippen LogP contribution is -2.42. The van der Waals surface area contributed by atoms with E-state index >= 15 is 0 Å². The molecule has 0 spiro atoms. The highest BCUT2D eigenvalue weighted by molar-refractivity contribution is 4.94. The van der Waals surface area contributed by atoms with Crippen LogP contribution in [0.3, 0.4) is 0 Å². The fourth-order valence-electron chi connectivity index (χ4n) is 1.87. The fraction of sp³-hybridized carbons (Fsp3) is 1.00. The van der Waals surface area contributed by atoms with Gasteiger partial charge < -0.3 is 5.73 Å². The molecule has 3 heteroatoms. The van der Waals surface area contributed by atoms with E-state index in [1.165, 1.54) is 0 Å². The first-order valence-corrected chi connectivity index (χ1v) is 4.10. The van der Waals surface area contributed by atoms with Crippen LogP contribution in [-0.2, 0) is 0 Å². The molecule has 0 amide bonds. The van der Waals surface area contributed by atoms with E-state index in [4.69, 9.17) is 5.73 Å². The Morgan fingerprint density at radius 1 is 1.36 bits per heavy atom. The highest BCUT2D eigenvalue weighted by Gasteiger charge is 2.50. The average Bonchev–Trinajstić information content (AvgIpc) is 2.33. The van der Waals surface area contributed by atoms with E-state index in [-0.39, 0.29) is 6.54 Å². The molecule has 0 radical (unpaired) electrons. The first-order valence-electron chi connectivity index (χ1n) is 4.10. The van der Waals surface area contributed by atoms with Crippen molar-refractivity contribution >= 4 is 0 Å². The molecule has 1 aliphatic carbocycles. The van der Waals surface area contributed by atoms with Crippen LogP contribution in [0.2, 0.25) is 0 Å². The molecule has 0 aromatic rings. The largest absolute Gasteiger partial charge is 0.330 e. The van der Waals surface area contributed by atoms with Crippen molar-refractivity contribution < 1.29 is 8.78 Å². The summed E-state index contributed by atoms with van der Waals surface area (Å²) in [6.45, 7) is 1.11. The van der Waals surface area contributed by atoms with E-state index in [9.17, 15) is 8.78 Å². The molecule has 1 rings (SSSR count). The molecule has 0 aliphatic heterocycles. The highest BCUT2D eigenvalue weighted by atomic mass is 19.3. The predicted molar refractivity (Wildman–Crippen MR) is 40.6 cm³/mol. The summed E-state index contributed by atoms with van der Waals surface area (Å²) >= 11 is 0. The second-order valence-corrected chi connectivity index (χ2v) is 3.58. The maximum absolute atomic E-state index is 13.0. The number of hydrogen-bond acceptors (Lipinski definition) is 1. The second-order valence-electron chi connectivity index (χ2n) is 3.58. The van der Waals surface area contributed by atoms with Gasteiger partial charge in [0.05, 0.1) is 0 Å². The summed E-state index contributed by atoms with van der Waals surface area (Å²) in [7, 11) is 0. The van der Waals surface area contributed by atoms with Gasteiger partial charge in [0, 0.05) is 12.0 Å². The Bertz CT molecular complexity index is 134. The molecule has 1 saturated carbocycles.